The van der Waals surface area contributed by atoms with Gasteiger partial charge in [0, 0.05) is 25.1 Å². The van der Waals surface area contributed by atoms with Crippen LogP contribution in [0.3, 0.4) is 0 Å². The lowest BCUT2D eigenvalue weighted by Crippen LogP contribution is -2.32. The first-order valence-corrected chi connectivity index (χ1v) is 8.52. The highest BCUT2D eigenvalue weighted by Gasteiger charge is 2.07. The van der Waals surface area contributed by atoms with Gasteiger partial charge in [-0.1, -0.05) is 19.9 Å². The first kappa shape index (κ1) is 20.0. The van der Waals surface area contributed by atoms with Crippen molar-refractivity contribution in [3.05, 3.63) is 29.8 Å². The van der Waals surface area contributed by atoms with Crippen LogP contribution in [0, 0.1) is 0 Å². The molecule has 0 aliphatic rings. The number of amides is 2. The van der Waals surface area contributed by atoms with Crippen LogP contribution < -0.4 is 15.4 Å². The van der Waals surface area contributed by atoms with Crippen LogP contribution in [0.15, 0.2) is 24.3 Å². The second kappa shape index (κ2) is 11.5. The zero-order valence-electron chi connectivity index (χ0n) is 14.9. The molecule has 0 fully saturated rings. The summed E-state index contributed by atoms with van der Waals surface area (Å²) >= 11 is 0. The van der Waals surface area contributed by atoms with Gasteiger partial charge in [-0.15, -0.1) is 0 Å². The number of hydrogen-bond acceptors (Lipinski definition) is 4. The van der Waals surface area contributed by atoms with Crippen molar-refractivity contribution in [3.8, 4) is 5.75 Å². The molecular formula is C18H29N3O3. The van der Waals surface area contributed by atoms with Gasteiger partial charge in [-0.2, -0.15) is 0 Å². The summed E-state index contributed by atoms with van der Waals surface area (Å²) in [6.07, 6.45) is 1.21. The maximum atomic E-state index is 12.0. The van der Waals surface area contributed by atoms with E-state index in [9.17, 15) is 9.59 Å². The summed E-state index contributed by atoms with van der Waals surface area (Å²) in [5.74, 6) is 0.386. The van der Waals surface area contributed by atoms with E-state index < -0.39 is 0 Å². The van der Waals surface area contributed by atoms with Crippen LogP contribution in [-0.4, -0.2) is 56.5 Å². The van der Waals surface area contributed by atoms with Gasteiger partial charge in [-0.3, -0.25) is 9.59 Å². The molecule has 6 heteroatoms. The summed E-state index contributed by atoms with van der Waals surface area (Å²) in [5, 5.41) is 5.63. The van der Waals surface area contributed by atoms with Gasteiger partial charge >= 0.3 is 0 Å². The summed E-state index contributed by atoms with van der Waals surface area (Å²) in [4.78, 5) is 26.1. The lowest BCUT2D eigenvalue weighted by Gasteiger charge is -2.17. The Labute approximate surface area is 144 Å². The van der Waals surface area contributed by atoms with Gasteiger partial charge in [0.1, 0.15) is 5.75 Å². The third-order valence-electron chi connectivity index (χ3n) is 3.84. The number of hydrogen-bond donors (Lipinski definition) is 2. The summed E-state index contributed by atoms with van der Waals surface area (Å²) in [7, 11) is 1.56. The molecule has 0 radical (unpaired) electrons. The molecule has 1 aromatic rings. The van der Waals surface area contributed by atoms with Crippen molar-refractivity contribution in [2.45, 2.75) is 26.7 Å². The molecule has 0 saturated heterocycles. The topological polar surface area (TPSA) is 70.7 Å². The maximum absolute atomic E-state index is 12.0. The second-order valence-corrected chi connectivity index (χ2v) is 5.47. The van der Waals surface area contributed by atoms with E-state index in [1.807, 2.05) is 0 Å². The molecule has 0 saturated carbocycles. The summed E-state index contributed by atoms with van der Waals surface area (Å²) in [6, 6.07) is 6.92. The van der Waals surface area contributed by atoms with Gasteiger partial charge in [0.2, 0.25) is 5.91 Å². The first-order chi connectivity index (χ1) is 11.6. The normalized spacial score (nSPS) is 10.5. The number of ether oxygens (including phenoxy) is 1. The molecule has 24 heavy (non-hydrogen) atoms. The SMILES string of the molecule is CCN(CC)CCCNC(=O)CCNC(=O)c1cccc(OC)c1. The predicted octanol–water partition coefficient (Wildman–Crippen LogP) is 1.66. The highest BCUT2D eigenvalue weighted by atomic mass is 16.5. The Morgan fingerprint density at radius 1 is 1.12 bits per heavy atom. The molecule has 0 heterocycles. The molecule has 0 aliphatic heterocycles. The van der Waals surface area contributed by atoms with Gasteiger partial charge in [0.15, 0.2) is 0 Å². The molecule has 1 aromatic carbocycles. The fourth-order valence-corrected chi connectivity index (χ4v) is 2.31. The molecule has 2 N–H and O–H groups in total. The van der Waals surface area contributed by atoms with Crippen molar-refractivity contribution < 1.29 is 14.3 Å². The monoisotopic (exact) mass is 335 g/mol. The smallest absolute Gasteiger partial charge is 0.251 e. The average Bonchev–Trinajstić information content (AvgIpc) is 2.61. The maximum Gasteiger partial charge on any atom is 0.251 e. The summed E-state index contributed by atoms with van der Waals surface area (Å²) in [5.41, 5.74) is 0.522. The Balaban J connectivity index is 2.19. The Hall–Kier alpha value is -2.08. The van der Waals surface area contributed by atoms with Crippen molar-refractivity contribution in [2.24, 2.45) is 0 Å². The summed E-state index contributed by atoms with van der Waals surface area (Å²) in [6.45, 7) is 8.29. The number of nitrogens with one attached hydrogen (secondary N) is 2. The molecule has 0 aromatic heterocycles. The molecule has 0 atom stereocenters. The minimum Gasteiger partial charge on any atom is -0.497 e. The van der Waals surface area contributed by atoms with E-state index in [4.69, 9.17) is 4.74 Å². The van der Waals surface area contributed by atoms with E-state index in [1.54, 1.807) is 31.4 Å². The molecule has 134 valence electrons. The lowest BCUT2D eigenvalue weighted by atomic mass is 10.2. The number of methoxy groups -OCH3 is 1. The van der Waals surface area contributed by atoms with E-state index in [2.05, 4.69) is 29.4 Å². The van der Waals surface area contributed by atoms with Crippen molar-refractivity contribution in [3.63, 3.8) is 0 Å². The molecule has 0 unspecified atom stereocenters. The number of carbonyl (C=O) groups is 2. The Kier molecular flexibility index (Phi) is 9.53. The molecule has 0 spiro atoms. The highest BCUT2D eigenvalue weighted by Crippen LogP contribution is 2.12. The van der Waals surface area contributed by atoms with Crippen LogP contribution in [0.5, 0.6) is 5.75 Å². The molecule has 2 amide bonds. The molecule has 0 aliphatic carbocycles. The fourth-order valence-electron chi connectivity index (χ4n) is 2.31. The van der Waals surface area contributed by atoms with Gasteiger partial charge < -0.3 is 20.3 Å². The van der Waals surface area contributed by atoms with Crippen LogP contribution in [0.25, 0.3) is 0 Å². The van der Waals surface area contributed by atoms with Crippen molar-refractivity contribution in [1.82, 2.24) is 15.5 Å². The van der Waals surface area contributed by atoms with Gasteiger partial charge in [0.05, 0.1) is 7.11 Å². The summed E-state index contributed by atoms with van der Waals surface area (Å²) < 4.78 is 5.09. The number of benzene rings is 1. The van der Waals surface area contributed by atoms with Crippen LogP contribution in [0.4, 0.5) is 0 Å². The van der Waals surface area contributed by atoms with Crippen molar-refractivity contribution in [1.29, 1.82) is 0 Å². The quantitative estimate of drug-likeness (QED) is 0.604. The van der Waals surface area contributed by atoms with Crippen LogP contribution in [-0.2, 0) is 4.79 Å². The fraction of sp³-hybridized carbons (Fsp3) is 0.556. The number of nitrogens with zero attached hydrogens (tertiary/aromatic N) is 1. The lowest BCUT2D eigenvalue weighted by molar-refractivity contribution is -0.120. The molecule has 0 bridgehead atoms. The van der Waals surface area contributed by atoms with Gasteiger partial charge in [0.25, 0.3) is 5.91 Å². The highest BCUT2D eigenvalue weighted by molar-refractivity contribution is 5.94. The average molecular weight is 335 g/mol. The van der Waals surface area contributed by atoms with Crippen molar-refractivity contribution >= 4 is 11.8 Å². The minimum absolute atomic E-state index is 0.0412. The zero-order chi connectivity index (χ0) is 17.8. The molecule has 6 nitrogen and oxygen atoms in total. The number of rotatable bonds is 11. The van der Waals surface area contributed by atoms with E-state index in [-0.39, 0.29) is 18.2 Å². The second-order valence-electron chi connectivity index (χ2n) is 5.47. The van der Waals surface area contributed by atoms with Crippen LogP contribution in [0.2, 0.25) is 0 Å². The van der Waals surface area contributed by atoms with Crippen LogP contribution in [0.1, 0.15) is 37.0 Å². The largest absolute Gasteiger partial charge is 0.497 e. The standard InChI is InChI=1S/C18H29N3O3/c1-4-21(5-2)13-7-11-19-17(22)10-12-20-18(23)15-8-6-9-16(14-15)24-3/h6,8-9,14H,4-5,7,10-13H2,1-3H3,(H,19,22)(H,20,23). The Morgan fingerprint density at radius 2 is 1.88 bits per heavy atom. The van der Waals surface area contributed by atoms with E-state index >= 15 is 0 Å². The minimum atomic E-state index is -0.205. The molecular weight excluding hydrogens is 306 g/mol. The first-order valence-electron chi connectivity index (χ1n) is 8.52. The van der Waals surface area contributed by atoms with E-state index in [0.717, 1.165) is 26.1 Å². The third-order valence-corrected chi connectivity index (χ3v) is 3.84. The molecule has 1 rings (SSSR count). The Morgan fingerprint density at radius 3 is 2.54 bits per heavy atom. The van der Waals surface area contributed by atoms with Gasteiger partial charge in [-0.25, -0.2) is 0 Å². The number of carbonyl (C=O) groups excluding carboxylic acids is 2. The predicted molar refractivity (Wildman–Crippen MR) is 95.4 cm³/mol. The zero-order valence-corrected chi connectivity index (χ0v) is 14.9. The van der Waals surface area contributed by atoms with Gasteiger partial charge in [-0.05, 0) is 44.3 Å². The Bertz CT molecular complexity index is 516. The van der Waals surface area contributed by atoms with E-state index in [1.165, 1.54) is 0 Å². The van der Waals surface area contributed by atoms with Crippen molar-refractivity contribution in [2.75, 3.05) is 39.8 Å². The van der Waals surface area contributed by atoms with Crippen LogP contribution >= 0.6 is 0 Å². The third kappa shape index (κ3) is 7.46. The van der Waals surface area contributed by atoms with E-state index in [0.29, 0.717) is 24.4 Å².